The van der Waals surface area contributed by atoms with Crippen molar-refractivity contribution in [3.8, 4) is 0 Å². The highest BCUT2D eigenvalue weighted by atomic mass is 127. The van der Waals surface area contributed by atoms with E-state index in [9.17, 15) is 52.5 Å². The van der Waals surface area contributed by atoms with Crippen molar-refractivity contribution in [3.05, 3.63) is 66.8 Å². The number of hydrogen-bond acceptors (Lipinski definition) is 3. The third-order valence-electron chi connectivity index (χ3n) is 4.92. The van der Waals surface area contributed by atoms with E-state index in [2.05, 4.69) is 83.1 Å². The van der Waals surface area contributed by atoms with Gasteiger partial charge in [0.2, 0.25) is 0 Å². The first-order valence-electron chi connectivity index (χ1n) is 10.8. The zero-order chi connectivity index (χ0) is 30.0. The van der Waals surface area contributed by atoms with Crippen molar-refractivity contribution in [2.75, 3.05) is 0 Å². The first-order valence-corrected chi connectivity index (χ1v) is 14.4. The molecule has 0 spiro atoms. The fourth-order valence-electron chi connectivity index (χ4n) is 2.81. The smallest absolute Gasteiger partial charge is 0.460 e. The van der Waals surface area contributed by atoms with Crippen LogP contribution in [0, 0.1) is 13.1 Å². The Labute approximate surface area is 225 Å². The third kappa shape index (κ3) is 8.23. The van der Waals surface area contributed by atoms with Crippen LogP contribution in [0.1, 0.15) is 45.7 Å². The molecule has 0 heterocycles. The maximum atomic E-state index is 12.2. The molecule has 0 fully saturated rings. The first kappa shape index (κ1) is 34.5. The molecule has 0 unspecified atom stereocenters. The lowest BCUT2D eigenvalue weighted by atomic mass is 9.87. The summed E-state index contributed by atoms with van der Waals surface area (Å²) < 4.78 is 138. The summed E-state index contributed by atoms with van der Waals surface area (Å²) in [6.07, 6.45) is -5.98. The van der Waals surface area contributed by atoms with Gasteiger partial charge in [-0.25, -0.2) is 8.42 Å². The second-order valence-corrected chi connectivity index (χ2v) is 14.1. The summed E-state index contributed by atoms with van der Waals surface area (Å²) in [5, 5.41) is -7.11. The Kier molecular flexibility index (Phi) is 10.8. The lowest BCUT2D eigenvalue weighted by Gasteiger charge is -2.34. The molecule has 0 N–H and O–H groups in total. The number of alkyl halides is 9. The zero-order valence-corrected chi connectivity index (χ0v) is 23.8. The average molecular weight is 692 g/mol. The quantitative estimate of drug-likeness (QED) is 0.248. The molecule has 2 aromatic rings. The van der Waals surface area contributed by atoms with Gasteiger partial charge in [-0.3, -0.25) is 0 Å². The van der Waals surface area contributed by atoms with Crippen molar-refractivity contribution < 1.29 is 73.7 Å². The predicted octanol–water partition coefficient (Wildman–Crippen LogP) is 4.27. The van der Waals surface area contributed by atoms with E-state index < -0.39 is 33.4 Å². The van der Waals surface area contributed by atoms with E-state index >= 15 is 0 Å². The van der Waals surface area contributed by atoms with Crippen molar-refractivity contribution in [2.24, 2.45) is 5.92 Å². The molecule has 216 valence electrons. The molecule has 38 heavy (non-hydrogen) atoms. The molecule has 0 bridgehead atoms. The molecular formula is C24H26F9IO3S. The number of hydrogen-bond donors (Lipinski definition) is 0. The van der Waals surface area contributed by atoms with Gasteiger partial charge in [0.25, 0.3) is 0 Å². The van der Waals surface area contributed by atoms with Gasteiger partial charge >= 0.3 is 44.5 Å². The maximum absolute atomic E-state index is 12.2. The number of rotatable bonds is 7. The normalized spacial score (nSPS) is 13.8. The van der Waals surface area contributed by atoms with E-state index in [0.717, 1.165) is 5.92 Å². The first-order chi connectivity index (χ1) is 16.8. The van der Waals surface area contributed by atoms with Gasteiger partial charge in [-0.2, -0.15) is 39.5 Å². The van der Waals surface area contributed by atoms with Crippen molar-refractivity contribution in [2.45, 2.75) is 69.7 Å². The molecule has 2 rings (SSSR count). The largest absolute Gasteiger partial charge is 0.743 e. The molecule has 0 saturated carbocycles. The highest BCUT2D eigenvalue weighted by Crippen LogP contribution is 2.54. The summed E-state index contributed by atoms with van der Waals surface area (Å²) in [5.74, 6) is -14.1. The van der Waals surface area contributed by atoms with Crippen LogP contribution in [0.3, 0.4) is 0 Å². The van der Waals surface area contributed by atoms with Gasteiger partial charge in [0, 0.05) is 0 Å². The molecule has 3 nitrogen and oxygen atoms in total. The second-order valence-electron chi connectivity index (χ2n) is 9.69. The van der Waals surface area contributed by atoms with E-state index in [1.807, 2.05) is 0 Å². The topological polar surface area (TPSA) is 57.2 Å². The average Bonchev–Trinajstić information content (AvgIpc) is 2.73. The lowest BCUT2D eigenvalue weighted by molar-refractivity contribution is -0.597. The fourth-order valence-corrected chi connectivity index (χ4v) is 5.41. The lowest BCUT2D eigenvalue weighted by Crippen LogP contribution is -3.61. The Bertz CT molecular complexity index is 1150. The Morgan fingerprint density at radius 3 is 1.45 bits per heavy atom. The molecule has 0 aliphatic rings. The van der Waals surface area contributed by atoms with E-state index in [1.54, 1.807) is 0 Å². The SMILES string of the molecule is CC(C)Cc1ccc([I+]c2ccc(C(C)(C)C)cc2)cc1.O=S(=O)([O-])C(F)(F)C(F)(F)C(F)(F)C(F)(F)F. The van der Waals surface area contributed by atoms with Crippen molar-refractivity contribution in [3.63, 3.8) is 0 Å². The van der Waals surface area contributed by atoms with Crippen LogP contribution in [0.15, 0.2) is 48.5 Å². The molecular weight excluding hydrogens is 666 g/mol. The Morgan fingerprint density at radius 2 is 1.13 bits per heavy atom. The van der Waals surface area contributed by atoms with Crippen LogP contribution in [0.25, 0.3) is 0 Å². The molecule has 0 saturated heterocycles. The van der Waals surface area contributed by atoms with Crippen LogP contribution in [0.2, 0.25) is 0 Å². The monoisotopic (exact) mass is 692 g/mol. The molecule has 0 radical (unpaired) electrons. The summed E-state index contributed by atoms with van der Waals surface area (Å²) in [4.78, 5) is 0. The van der Waals surface area contributed by atoms with Gasteiger partial charge in [0.05, 0.1) is 0 Å². The van der Waals surface area contributed by atoms with Crippen LogP contribution in [0.5, 0.6) is 0 Å². The van der Waals surface area contributed by atoms with Crippen LogP contribution >= 0.6 is 0 Å². The summed E-state index contributed by atoms with van der Waals surface area (Å²) in [6, 6.07) is 18.5. The highest BCUT2D eigenvalue weighted by Gasteiger charge is 2.83. The standard InChI is InChI=1S/C20H26I.C4HF9O3S/c1-15(2)14-16-6-10-18(11-7-16)21-19-12-8-17(9-13-19)20(3,4)5;5-1(6,3(9,10)11)2(7,8)4(12,13)17(14,15)16/h6-13,15H,14H2,1-5H3;(H,14,15,16)/q+1;/p-1. The minimum absolute atomic E-state index is 0.0546. The van der Waals surface area contributed by atoms with Crippen molar-refractivity contribution >= 4 is 10.1 Å². The number of benzene rings is 2. The van der Waals surface area contributed by atoms with Gasteiger partial charge in [0.15, 0.2) is 17.3 Å². The molecule has 0 atom stereocenters. The van der Waals surface area contributed by atoms with Crippen LogP contribution in [0.4, 0.5) is 39.5 Å². The fraction of sp³-hybridized carbons (Fsp3) is 0.500. The van der Waals surface area contributed by atoms with Gasteiger partial charge in [0.1, 0.15) is 0 Å². The molecule has 0 aromatic heterocycles. The van der Waals surface area contributed by atoms with E-state index in [4.69, 9.17) is 0 Å². The van der Waals surface area contributed by atoms with E-state index in [1.165, 1.54) is 24.7 Å². The molecule has 0 aliphatic heterocycles. The Morgan fingerprint density at radius 1 is 0.737 bits per heavy atom. The number of halogens is 10. The summed E-state index contributed by atoms with van der Waals surface area (Å²) in [6.45, 7) is 11.4. The molecule has 2 aromatic carbocycles. The molecule has 14 heteroatoms. The summed E-state index contributed by atoms with van der Waals surface area (Å²) in [5.41, 5.74) is 3.12. The van der Waals surface area contributed by atoms with Crippen molar-refractivity contribution in [1.82, 2.24) is 0 Å². The minimum atomic E-state index is -7.43. The van der Waals surface area contributed by atoms with Crippen LogP contribution < -0.4 is 21.2 Å². The molecule has 0 aliphatic carbocycles. The van der Waals surface area contributed by atoms with Crippen molar-refractivity contribution in [1.29, 1.82) is 0 Å². The third-order valence-corrected chi connectivity index (χ3v) is 8.48. The van der Waals surface area contributed by atoms with Gasteiger partial charge in [-0.1, -0.05) is 58.9 Å². The van der Waals surface area contributed by atoms with Crippen LogP contribution in [-0.2, 0) is 22.0 Å². The Balaban J connectivity index is 0.000000391. The van der Waals surface area contributed by atoms with Crippen LogP contribution in [-0.4, -0.2) is 36.2 Å². The minimum Gasteiger partial charge on any atom is -0.743 e. The van der Waals surface area contributed by atoms with Gasteiger partial charge in [-0.05, 0) is 53.1 Å². The van der Waals surface area contributed by atoms with E-state index in [0.29, 0.717) is 0 Å². The summed E-state index contributed by atoms with van der Waals surface area (Å²) in [7, 11) is -7.42. The van der Waals surface area contributed by atoms with E-state index in [-0.39, 0.29) is 26.6 Å². The maximum Gasteiger partial charge on any atom is 0.460 e. The second kappa shape index (κ2) is 11.9. The van der Waals surface area contributed by atoms with Gasteiger partial charge in [-0.15, -0.1) is 0 Å². The summed E-state index contributed by atoms with van der Waals surface area (Å²) >= 11 is -0.0546. The Hall–Kier alpha value is -1.55. The zero-order valence-electron chi connectivity index (χ0n) is 20.8. The highest BCUT2D eigenvalue weighted by molar-refractivity contribution is 7.86. The molecule has 0 amide bonds. The predicted molar refractivity (Wildman–Crippen MR) is 118 cm³/mol. The van der Waals surface area contributed by atoms with Gasteiger partial charge < -0.3 is 4.55 Å².